The number of rotatable bonds is 5. The van der Waals surface area contributed by atoms with E-state index in [4.69, 9.17) is 5.73 Å². The number of benzene rings is 2. The molecule has 0 aliphatic carbocycles. The van der Waals surface area contributed by atoms with Crippen LogP contribution in [0.5, 0.6) is 0 Å². The van der Waals surface area contributed by atoms with Gasteiger partial charge >= 0.3 is 0 Å². The molecule has 0 heterocycles. The number of nitrogens with one attached hydrogen (secondary N) is 1. The van der Waals surface area contributed by atoms with Crippen molar-refractivity contribution in [2.75, 3.05) is 17.6 Å². The predicted octanol–water partition coefficient (Wildman–Crippen LogP) is 3.68. The molecule has 0 amide bonds. The molecule has 0 saturated carbocycles. The molecule has 18 heavy (non-hydrogen) atoms. The lowest BCUT2D eigenvalue weighted by Gasteiger charge is -2.08. The molecule has 0 unspecified atom stereocenters. The van der Waals surface area contributed by atoms with Gasteiger partial charge in [0, 0.05) is 17.9 Å². The van der Waals surface area contributed by atoms with Crippen molar-refractivity contribution in [2.45, 2.75) is 19.8 Å². The van der Waals surface area contributed by atoms with E-state index < -0.39 is 0 Å². The minimum atomic E-state index is 0.827. The highest BCUT2D eigenvalue weighted by Gasteiger charge is 1.98. The Bertz CT molecular complexity index is 506. The minimum absolute atomic E-state index is 0.827. The molecule has 94 valence electrons. The molecular weight excluding hydrogens is 220 g/mol. The van der Waals surface area contributed by atoms with Crippen LogP contribution in [0.15, 0.2) is 48.5 Å². The summed E-state index contributed by atoms with van der Waals surface area (Å²) in [5.41, 5.74) is 10.4. The standard InChI is InChI=1S/C16H20N2/c1-2-9-18-16-8-4-6-14(12-16)10-13-5-3-7-15(17)11-13/h3-8,11-12,18H,2,9-10,17H2,1H3. The summed E-state index contributed by atoms with van der Waals surface area (Å²) >= 11 is 0. The summed E-state index contributed by atoms with van der Waals surface area (Å²) in [5, 5.41) is 3.41. The molecule has 0 spiro atoms. The molecule has 2 rings (SSSR count). The summed E-state index contributed by atoms with van der Waals surface area (Å²) in [4.78, 5) is 0. The molecule has 2 aromatic rings. The Morgan fingerprint density at radius 1 is 1.00 bits per heavy atom. The molecule has 0 atom stereocenters. The van der Waals surface area contributed by atoms with E-state index in [0.29, 0.717) is 0 Å². The van der Waals surface area contributed by atoms with Gasteiger partial charge in [-0.25, -0.2) is 0 Å². The monoisotopic (exact) mass is 240 g/mol. The summed E-state index contributed by atoms with van der Waals surface area (Å²) in [6, 6.07) is 16.6. The van der Waals surface area contributed by atoms with Crippen molar-refractivity contribution in [3.63, 3.8) is 0 Å². The second kappa shape index (κ2) is 6.10. The highest BCUT2D eigenvalue weighted by molar-refractivity contribution is 5.48. The maximum atomic E-state index is 5.80. The van der Waals surface area contributed by atoms with Gasteiger partial charge in [0.1, 0.15) is 0 Å². The van der Waals surface area contributed by atoms with Gasteiger partial charge in [-0.05, 0) is 48.2 Å². The van der Waals surface area contributed by atoms with Gasteiger partial charge in [-0.3, -0.25) is 0 Å². The molecule has 0 fully saturated rings. The Morgan fingerprint density at radius 2 is 1.72 bits per heavy atom. The van der Waals surface area contributed by atoms with Gasteiger partial charge in [-0.1, -0.05) is 31.2 Å². The van der Waals surface area contributed by atoms with E-state index in [0.717, 1.165) is 25.1 Å². The molecule has 2 aromatic carbocycles. The topological polar surface area (TPSA) is 38.0 Å². The third-order valence-electron chi connectivity index (χ3n) is 2.87. The van der Waals surface area contributed by atoms with E-state index in [-0.39, 0.29) is 0 Å². The van der Waals surface area contributed by atoms with E-state index in [9.17, 15) is 0 Å². The fraction of sp³-hybridized carbons (Fsp3) is 0.250. The van der Waals surface area contributed by atoms with Crippen LogP contribution in [-0.4, -0.2) is 6.54 Å². The van der Waals surface area contributed by atoms with Gasteiger partial charge in [-0.2, -0.15) is 0 Å². The zero-order valence-electron chi connectivity index (χ0n) is 10.8. The second-order valence-electron chi connectivity index (χ2n) is 4.55. The fourth-order valence-corrected chi connectivity index (χ4v) is 2.00. The van der Waals surface area contributed by atoms with Crippen LogP contribution in [0.2, 0.25) is 0 Å². The first-order chi connectivity index (χ1) is 8.78. The molecule has 0 saturated heterocycles. The van der Waals surface area contributed by atoms with E-state index in [1.807, 2.05) is 18.2 Å². The number of anilines is 2. The SMILES string of the molecule is CCCNc1cccc(Cc2cccc(N)c2)c1. The van der Waals surface area contributed by atoms with Gasteiger partial charge in [0.05, 0.1) is 0 Å². The van der Waals surface area contributed by atoms with Crippen LogP contribution in [0.25, 0.3) is 0 Å². The first kappa shape index (κ1) is 12.5. The van der Waals surface area contributed by atoms with Gasteiger partial charge in [0.15, 0.2) is 0 Å². The van der Waals surface area contributed by atoms with Crippen molar-refractivity contribution in [3.05, 3.63) is 59.7 Å². The van der Waals surface area contributed by atoms with Crippen LogP contribution < -0.4 is 11.1 Å². The Labute approximate surface area is 109 Å². The van der Waals surface area contributed by atoms with Crippen molar-refractivity contribution >= 4 is 11.4 Å². The Morgan fingerprint density at radius 3 is 2.44 bits per heavy atom. The van der Waals surface area contributed by atoms with Crippen LogP contribution in [0, 0.1) is 0 Å². The lowest BCUT2D eigenvalue weighted by molar-refractivity contribution is 0.979. The van der Waals surface area contributed by atoms with E-state index >= 15 is 0 Å². The zero-order valence-corrected chi connectivity index (χ0v) is 10.8. The van der Waals surface area contributed by atoms with E-state index in [2.05, 4.69) is 42.6 Å². The molecule has 0 aliphatic rings. The van der Waals surface area contributed by atoms with Crippen LogP contribution in [-0.2, 0) is 6.42 Å². The minimum Gasteiger partial charge on any atom is -0.399 e. The average Bonchev–Trinajstić information content (AvgIpc) is 2.37. The van der Waals surface area contributed by atoms with Crippen LogP contribution >= 0.6 is 0 Å². The molecule has 0 radical (unpaired) electrons. The Balaban J connectivity index is 2.09. The number of nitrogen functional groups attached to an aromatic ring is 1. The molecule has 3 N–H and O–H groups in total. The highest BCUT2D eigenvalue weighted by Crippen LogP contribution is 2.16. The molecule has 0 bridgehead atoms. The zero-order chi connectivity index (χ0) is 12.8. The molecule has 0 aromatic heterocycles. The molecular formula is C16H20N2. The third-order valence-corrected chi connectivity index (χ3v) is 2.87. The van der Waals surface area contributed by atoms with Crippen LogP contribution in [0.4, 0.5) is 11.4 Å². The average molecular weight is 240 g/mol. The van der Waals surface area contributed by atoms with Gasteiger partial charge in [-0.15, -0.1) is 0 Å². The summed E-state index contributed by atoms with van der Waals surface area (Å²) in [5.74, 6) is 0. The van der Waals surface area contributed by atoms with Crippen molar-refractivity contribution in [1.29, 1.82) is 0 Å². The van der Waals surface area contributed by atoms with Gasteiger partial charge < -0.3 is 11.1 Å². The summed E-state index contributed by atoms with van der Waals surface area (Å²) in [7, 11) is 0. The summed E-state index contributed by atoms with van der Waals surface area (Å²) in [6.45, 7) is 3.19. The van der Waals surface area contributed by atoms with Crippen molar-refractivity contribution < 1.29 is 0 Å². The summed E-state index contributed by atoms with van der Waals surface area (Å²) in [6.07, 6.45) is 2.06. The summed E-state index contributed by atoms with van der Waals surface area (Å²) < 4.78 is 0. The number of hydrogen-bond donors (Lipinski definition) is 2. The van der Waals surface area contributed by atoms with Crippen LogP contribution in [0.3, 0.4) is 0 Å². The normalized spacial score (nSPS) is 10.3. The third kappa shape index (κ3) is 3.52. The van der Waals surface area contributed by atoms with E-state index in [1.165, 1.54) is 16.8 Å². The maximum Gasteiger partial charge on any atom is 0.0343 e. The highest BCUT2D eigenvalue weighted by atomic mass is 14.9. The first-order valence-corrected chi connectivity index (χ1v) is 6.45. The Kier molecular flexibility index (Phi) is 4.24. The molecule has 2 heteroatoms. The quantitative estimate of drug-likeness (QED) is 0.782. The van der Waals surface area contributed by atoms with Crippen molar-refractivity contribution in [2.24, 2.45) is 0 Å². The van der Waals surface area contributed by atoms with Crippen LogP contribution in [0.1, 0.15) is 24.5 Å². The predicted molar refractivity (Wildman–Crippen MR) is 78.9 cm³/mol. The maximum absolute atomic E-state index is 5.80. The molecule has 0 aliphatic heterocycles. The van der Waals surface area contributed by atoms with Gasteiger partial charge in [0.25, 0.3) is 0 Å². The van der Waals surface area contributed by atoms with Crippen molar-refractivity contribution in [3.8, 4) is 0 Å². The first-order valence-electron chi connectivity index (χ1n) is 6.45. The number of nitrogens with two attached hydrogens (primary N) is 1. The lowest BCUT2D eigenvalue weighted by Crippen LogP contribution is -2.00. The number of hydrogen-bond acceptors (Lipinski definition) is 2. The lowest BCUT2D eigenvalue weighted by atomic mass is 10.0. The Hall–Kier alpha value is -1.96. The van der Waals surface area contributed by atoms with Gasteiger partial charge in [0.2, 0.25) is 0 Å². The fourth-order valence-electron chi connectivity index (χ4n) is 2.00. The second-order valence-corrected chi connectivity index (χ2v) is 4.55. The van der Waals surface area contributed by atoms with Crippen molar-refractivity contribution in [1.82, 2.24) is 0 Å². The largest absolute Gasteiger partial charge is 0.399 e. The molecule has 2 nitrogen and oxygen atoms in total. The smallest absolute Gasteiger partial charge is 0.0343 e. The van der Waals surface area contributed by atoms with E-state index in [1.54, 1.807) is 0 Å².